The summed E-state index contributed by atoms with van der Waals surface area (Å²) in [6.07, 6.45) is -0.524. The molecule has 0 saturated carbocycles. The van der Waals surface area contributed by atoms with Gasteiger partial charge in [0.05, 0.1) is 5.56 Å². The molecule has 1 aliphatic rings. The van der Waals surface area contributed by atoms with Gasteiger partial charge in [0.1, 0.15) is 23.0 Å². The fourth-order valence-electron chi connectivity index (χ4n) is 2.81. The summed E-state index contributed by atoms with van der Waals surface area (Å²) >= 11 is 0. The molecule has 2 aromatic rings. The Morgan fingerprint density at radius 2 is 1.96 bits per heavy atom. The molecule has 1 aliphatic heterocycles. The SMILES string of the molecule is C/C=C(/C)C(=O)O[C@@H]1c2c(ccc3ccc(=O)oc23)OC(C)(C)[C@@H]1O. The number of carbonyl (C=O) groups is 1. The maximum Gasteiger partial charge on any atom is 0.336 e. The number of ether oxygens (including phenoxy) is 2. The van der Waals surface area contributed by atoms with Crippen LogP contribution in [0.25, 0.3) is 11.0 Å². The standard InChI is InChI=1S/C19H20O6/c1-5-10(2)18(22)24-16-14-12(25-19(3,4)17(16)21)8-6-11-7-9-13(20)23-15(11)14/h5-9,16-17,21H,1-4H3/b10-5-/t16-,17-/m1/s1. The topological polar surface area (TPSA) is 86.0 Å². The normalized spacial score (nSPS) is 22.2. The molecule has 0 aliphatic carbocycles. The molecule has 1 aromatic carbocycles. The van der Waals surface area contributed by atoms with E-state index in [2.05, 4.69) is 0 Å². The first-order chi connectivity index (χ1) is 11.7. The van der Waals surface area contributed by atoms with Crippen molar-refractivity contribution in [1.29, 1.82) is 0 Å². The van der Waals surface area contributed by atoms with E-state index < -0.39 is 29.4 Å². The minimum Gasteiger partial charge on any atom is -0.484 e. The monoisotopic (exact) mass is 344 g/mol. The Bertz CT molecular complexity index is 921. The van der Waals surface area contributed by atoms with Crippen LogP contribution in [0, 0.1) is 0 Å². The number of rotatable bonds is 2. The summed E-state index contributed by atoms with van der Waals surface area (Å²) in [6, 6.07) is 6.39. The second kappa shape index (κ2) is 6.04. The Labute approximate surface area is 144 Å². The van der Waals surface area contributed by atoms with Gasteiger partial charge in [-0.3, -0.25) is 0 Å². The van der Waals surface area contributed by atoms with Gasteiger partial charge < -0.3 is 19.0 Å². The molecule has 2 atom stereocenters. The van der Waals surface area contributed by atoms with Gasteiger partial charge in [0.25, 0.3) is 0 Å². The average Bonchev–Trinajstić information content (AvgIpc) is 2.57. The smallest absolute Gasteiger partial charge is 0.336 e. The van der Waals surface area contributed by atoms with Gasteiger partial charge >= 0.3 is 11.6 Å². The lowest BCUT2D eigenvalue weighted by atomic mass is 9.87. The number of esters is 1. The van der Waals surface area contributed by atoms with E-state index in [0.717, 1.165) is 0 Å². The van der Waals surface area contributed by atoms with Gasteiger partial charge in [-0.25, -0.2) is 9.59 Å². The molecule has 6 heteroatoms. The van der Waals surface area contributed by atoms with Crippen LogP contribution in [-0.4, -0.2) is 22.8 Å². The molecule has 0 saturated heterocycles. The van der Waals surface area contributed by atoms with Crippen LogP contribution in [0.1, 0.15) is 39.4 Å². The molecule has 0 bridgehead atoms. The van der Waals surface area contributed by atoms with E-state index in [1.165, 1.54) is 6.07 Å². The number of fused-ring (bicyclic) bond motifs is 3. The van der Waals surface area contributed by atoms with Gasteiger partial charge in [-0.1, -0.05) is 6.08 Å². The van der Waals surface area contributed by atoms with Crippen LogP contribution in [0.2, 0.25) is 0 Å². The summed E-state index contributed by atoms with van der Waals surface area (Å²) in [5.74, 6) is -0.140. The predicted molar refractivity (Wildman–Crippen MR) is 91.5 cm³/mol. The first kappa shape index (κ1) is 17.2. The molecular formula is C19H20O6. The van der Waals surface area contributed by atoms with Crippen LogP contribution >= 0.6 is 0 Å². The van der Waals surface area contributed by atoms with E-state index in [9.17, 15) is 14.7 Å². The number of benzene rings is 1. The third-order valence-electron chi connectivity index (χ3n) is 4.43. The first-order valence-corrected chi connectivity index (χ1v) is 8.02. The molecule has 1 N–H and O–H groups in total. The van der Waals surface area contributed by atoms with Crippen molar-refractivity contribution in [3.8, 4) is 5.75 Å². The van der Waals surface area contributed by atoms with Crippen molar-refractivity contribution in [3.63, 3.8) is 0 Å². The predicted octanol–water partition coefficient (Wildman–Crippen LogP) is 2.88. The Kier molecular flexibility index (Phi) is 4.16. The largest absolute Gasteiger partial charge is 0.484 e. The summed E-state index contributed by atoms with van der Waals surface area (Å²) in [5, 5.41) is 11.4. The molecule has 0 fully saturated rings. The van der Waals surface area contributed by atoms with Crippen LogP contribution in [0.5, 0.6) is 5.75 Å². The van der Waals surface area contributed by atoms with Gasteiger partial charge in [0.15, 0.2) is 6.10 Å². The number of aliphatic hydroxyl groups excluding tert-OH is 1. The summed E-state index contributed by atoms with van der Waals surface area (Å²) in [6.45, 7) is 6.76. The fraction of sp³-hybridized carbons (Fsp3) is 0.368. The molecule has 0 amide bonds. The molecule has 0 spiro atoms. The van der Waals surface area contributed by atoms with Crippen molar-refractivity contribution >= 4 is 16.9 Å². The summed E-state index contributed by atoms with van der Waals surface area (Å²) < 4.78 is 16.7. The van der Waals surface area contributed by atoms with Gasteiger partial charge in [-0.05, 0) is 45.9 Å². The van der Waals surface area contributed by atoms with Crippen LogP contribution in [0.3, 0.4) is 0 Å². The van der Waals surface area contributed by atoms with Gasteiger partial charge in [0.2, 0.25) is 0 Å². The van der Waals surface area contributed by atoms with E-state index in [1.807, 2.05) is 0 Å². The van der Waals surface area contributed by atoms with Crippen LogP contribution in [0.4, 0.5) is 0 Å². The minimum absolute atomic E-state index is 0.246. The lowest BCUT2D eigenvalue weighted by Gasteiger charge is -2.41. The third-order valence-corrected chi connectivity index (χ3v) is 4.43. The van der Waals surface area contributed by atoms with Gasteiger partial charge in [0, 0.05) is 17.0 Å². The van der Waals surface area contributed by atoms with Crippen LogP contribution in [0.15, 0.2) is 45.1 Å². The molecule has 25 heavy (non-hydrogen) atoms. The van der Waals surface area contributed by atoms with Crippen molar-refractivity contribution in [2.24, 2.45) is 0 Å². The molecule has 0 radical (unpaired) electrons. The Morgan fingerprint density at radius 1 is 1.28 bits per heavy atom. The zero-order valence-corrected chi connectivity index (χ0v) is 14.5. The van der Waals surface area contributed by atoms with Gasteiger partial charge in [-0.15, -0.1) is 0 Å². The Hall–Kier alpha value is -2.60. The van der Waals surface area contributed by atoms with Crippen molar-refractivity contribution in [1.82, 2.24) is 0 Å². The average molecular weight is 344 g/mol. The second-order valence-corrected chi connectivity index (χ2v) is 6.60. The first-order valence-electron chi connectivity index (χ1n) is 8.02. The third kappa shape index (κ3) is 2.93. The molecule has 3 rings (SSSR count). The van der Waals surface area contributed by atoms with Gasteiger partial charge in [-0.2, -0.15) is 0 Å². The summed E-state index contributed by atoms with van der Waals surface area (Å²) in [4.78, 5) is 24.0. The van der Waals surface area contributed by atoms with Crippen molar-refractivity contribution < 1.29 is 23.8 Å². The number of aliphatic hydroxyl groups is 1. The number of hydrogen-bond donors (Lipinski definition) is 1. The molecule has 2 heterocycles. The molecule has 1 aromatic heterocycles. The number of carbonyl (C=O) groups excluding carboxylic acids is 1. The fourth-order valence-corrected chi connectivity index (χ4v) is 2.81. The summed E-state index contributed by atoms with van der Waals surface area (Å²) in [5.41, 5.74) is -0.491. The lowest BCUT2D eigenvalue weighted by molar-refractivity contribution is -0.166. The molecule has 6 nitrogen and oxygen atoms in total. The van der Waals surface area contributed by atoms with Crippen molar-refractivity contribution in [2.75, 3.05) is 0 Å². The molecular weight excluding hydrogens is 324 g/mol. The van der Waals surface area contributed by atoms with E-state index >= 15 is 0 Å². The van der Waals surface area contributed by atoms with Crippen LogP contribution < -0.4 is 10.4 Å². The maximum absolute atomic E-state index is 12.3. The molecule has 0 unspecified atom stereocenters. The Balaban J connectivity index is 2.22. The quantitative estimate of drug-likeness (QED) is 0.512. The van der Waals surface area contributed by atoms with E-state index in [-0.39, 0.29) is 5.58 Å². The van der Waals surface area contributed by atoms with Crippen LogP contribution in [-0.2, 0) is 9.53 Å². The number of hydrogen-bond acceptors (Lipinski definition) is 6. The molecule has 132 valence electrons. The minimum atomic E-state index is -1.13. The highest BCUT2D eigenvalue weighted by atomic mass is 16.6. The van der Waals surface area contributed by atoms with E-state index in [0.29, 0.717) is 22.3 Å². The zero-order chi connectivity index (χ0) is 18.4. The van der Waals surface area contributed by atoms with Crippen molar-refractivity contribution in [2.45, 2.75) is 45.5 Å². The highest BCUT2D eigenvalue weighted by Crippen LogP contribution is 2.45. The van der Waals surface area contributed by atoms with Crippen molar-refractivity contribution in [3.05, 3.63) is 51.9 Å². The highest BCUT2D eigenvalue weighted by Gasteiger charge is 2.46. The van der Waals surface area contributed by atoms with E-state index in [1.54, 1.807) is 52.0 Å². The lowest BCUT2D eigenvalue weighted by Crippen LogP contribution is -2.50. The zero-order valence-electron chi connectivity index (χ0n) is 14.5. The second-order valence-electron chi connectivity index (χ2n) is 6.60. The summed E-state index contributed by atoms with van der Waals surface area (Å²) in [7, 11) is 0. The highest BCUT2D eigenvalue weighted by molar-refractivity contribution is 5.89. The number of allylic oxidation sites excluding steroid dienone is 1. The van der Waals surface area contributed by atoms with E-state index in [4.69, 9.17) is 13.9 Å². The maximum atomic E-state index is 12.3. The Morgan fingerprint density at radius 3 is 2.64 bits per heavy atom.